The van der Waals surface area contributed by atoms with Crippen LogP contribution in [0.5, 0.6) is 0 Å². The highest BCUT2D eigenvalue weighted by molar-refractivity contribution is 9.09. The van der Waals surface area contributed by atoms with E-state index >= 15 is 0 Å². The summed E-state index contributed by atoms with van der Waals surface area (Å²) in [6.07, 6.45) is 5.46. The van der Waals surface area contributed by atoms with Gasteiger partial charge in [0.15, 0.2) is 0 Å². The van der Waals surface area contributed by atoms with Crippen molar-refractivity contribution in [1.82, 2.24) is 5.32 Å². The van der Waals surface area contributed by atoms with Crippen molar-refractivity contribution in [2.75, 3.05) is 19.8 Å². The molecule has 0 spiro atoms. The number of rotatable bonds is 3. The summed E-state index contributed by atoms with van der Waals surface area (Å²) in [5, 5.41) is 3.10. The number of nitrogens with one attached hydrogen (secondary N) is 1. The quantitative estimate of drug-likeness (QED) is 0.808. The minimum Gasteiger partial charge on any atom is -0.381 e. The van der Waals surface area contributed by atoms with Gasteiger partial charge in [-0.15, -0.1) is 0 Å². The van der Waals surface area contributed by atoms with Crippen molar-refractivity contribution in [3.63, 3.8) is 0 Å². The Labute approximate surface area is 105 Å². The molecular weight excluding hydrogens is 270 g/mol. The van der Waals surface area contributed by atoms with Crippen molar-refractivity contribution >= 4 is 21.8 Å². The third-order valence-electron chi connectivity index (χ3n) is 3.63. The van der Waals surface area contributed by atoms with Crippen LogP contribution < -0.4 is 5.32 Å². The van der Waals surface area contributed by atoms with E-state index in [0.717, 1.165) is 32.6 Å². The van der Waals surface area contributed by atoms with E-state index in [1.54, 1.807) is 0 Å². The molecule has 2 fully saturated rings. The lowest BCUT2D eigenvalue weighted by Gasteiger charge is -2.22. The van der Waals surface area contributed by atoms with Gasteiger partial charge in [0.1, 0.15) is 0 Å². The minimum atomic E-state index is 0.190. The Bertz CT molecular complexity index is 241. The van der Waals surface area contributed by atoms with Gasteiger partial charge in [0.2, 0.25) is 5.91 Å². The maximum absolute atomic E-state index is 11.9. The third-order valence-corrected chi connectivity index (χ3v) is 4.47. The van der Waals surface area contributed by atoms with Gasteiger partial charge >= 0.3 is 0 Å². The van der Waals surface area contributed by atoms with E-state index in [1.165, 1.54) is 19.3 Å². The molecule has 16 heavy (non-hydrogen) atoms. The normalized spacial score (nSPS) is 31.6. The number of amides is 1. The Kier molecular flexibility index (Phi) is 4.65. The van der Waals surface area contributed by atoms with Gasteiger partial charge in [-0.05, 0) is 38.0 Å². The second-order valence-electron chi connectivity index (χ2n) is 4.91. The maximum atomic E-state index is 11.9. The molecule has 2 rings (SSSR count). The average molecular weight is 290 g/mol. The molecule has 2 atom stereocenters. The first-order valence-corrected chi connectivity index (χ1v) is 7.17. The van der Waals surface area contributed by atoms with Gasteiger partial charge in [-0.25, -0.2) is 0 Å². The topological polar surface area (TPSA) is 38.3 Å². The van der Waals surface area contributed by atoms with Crippen LogP contribution in [-0.2, 0) is 9.53 Å². The van der Waals surface area contributed by atoms with Gasteiger partial charge in [0.05, 0.1) is 0 Å². The average Bonchev–Trinajstić information content (AvgIpc) is 2.73. The number of ether oxygens (including phenoxy) is 1. The SMILES string of the molecule is O=C(NCC1CCC(Br)C1)C1CCOCC1. The molecule has 0 radical (unpaired) electrons. The number of carbonyl (C=O) groups excluding carboxylic acids is 1. The summed E-state index contributed by atoms with van der Waals surface area (Å²) in [5.41, 5.74) is 0. The Morgan fingerprint density at radius 2 is 2.00 bits per heavy atom. The number of alkyl halides is 1. The highest BCUT2D eigenvalue weighted by atomic mass is 79.9. The van der Waals surface area contributed by atoms with Crippen LogP contribution in [0, 0.1) is 11.8 Å². The summed E-state index contributed by atoms with van der Waals surface area (Å²) in [6.45, 7) is 2.34. The lowest BCUT2D eigenvalue weighted by atomic mass is 9.99. The molecule has 1 N–H and O–H groups in total. The molecule has 0 aromatic rings. The van der Waals surface area contributed by atoms with Crippen LogP contribution in [0.3, 0.4) is 0 Å². The molecule has 2 aliphatic rings. The highest BCUT2D eigenvalue weighted by Crippen LogP contribution is 2.30. The van der Waals surface area contributed by atoms with Gasteiger partial charge in [-0.3, -0.25) is 4.79 Å². The molecule has 0 bridgehead atoms. The molecule has 0 aromatic carbocycles. The predicted octanol–water partition coefficient (Wildman–Crippen LogP) is 2.09. The summed E-state index contributed by atoms with van der Waals surface area (Å²) in [7, 11) is 0. The largest absolute Gasteiger partial charge is 0.381 e. The van der Waals surface area contributed by atoms with E-state index in [-0.39, 0.29) is 11.8 Å². The Morgan fingerprint density at radius 1 is 1.25 bits per heavy atom. The Balaban J connectivity index is 1.66. The molecule has 0 aromatic heterocycles. The number of hydrogen-bond acceptors (Lipinski definition) is 2. The van der Waals surface area contributed by atoms with E-state index in [1.807, 2.05) is 0 Å². The van der Waals surface area contributed by atoms with Gasteiger partial charge in [0, 0.05) is 30.5 Å². The summed E-state index contributed by atoms with van der Waals surface area (Å²) in [6, 6.07) is 0. The third kappa shape index (κ3) is 3.45. The molecule has 4 heteroatoms. The first kappa shape index (κ1) is 12.4. The van der Waals surface area contributed by atoms with E-state index in [0.29, 0.717) is 10.7 Å². The smallest absolute Gasteiger partial charge is 0.223 e. The van der Waals surface area contributed by atoms with E-state index in [4.69, 9.17) is 4.74 Å². The number of carbonyl (C=O) groups is 1. The zero-order chi connectivity index (χ0) is 11.4. The van der Waals surface area contributed by atoms with Crippen molar-refractivity contribution in [1.29, 1.82) is 0 Å². The summed E-state index contributed by atoms with van der Waals surface area (Å²) in [4.78, 5) is 12.5. The van der Waals surface area contributed by atoms with E-state index in [2.05, 4.69) is 21.2 Å². The molecule has 3 nitrogen and oxygen atoms in total. The highest BCUT2D eigenvalue weighted by Gasteiger charge is 2.25. The molecular formula is C12H20BrNO2. The monoisotopic (exact) mass is 289 g/mol. The first-order valence-electron chi connectivity index (χ1n) is 6.25. The maximum Gasteiger partial charge on any atom is 0.223 e. The molecule has 1 amide bonds. The molecule has 2 unspecified atom stereocenters. The molecule has 1 aliphatic carbocycles. The van der Waals surface area contributed by atoms with Gasteiger partial charge < -0.3 is 10.1 Å². The zero-order valence-electron chi connectivity index (χ0n) is 9.58. The lowest BCUT2D eigenvalue weighted by Crippen LogP contribution is -2.36. The number of halogens is 1. The van der Waals surface area contributed by atoms with Crippen LogP contribution in [0.4, 0.5) is 0 Å². The van der Waals surface area contributed by atoms with Gasteiger partial charge in [-0.2, -0.15) is 0 Å². The molecule has 1 heterocycles. The van der Waals surface area contributed by atoms with Crippen LogP contribution in [0.15, 0.2) is 0 Å². The standard InChI is InChI=1S/C12H20BrNO2/c13-11-2-1-9(7-11)8-14-12(15)10-3-5-16-6-4-10/h9-11H,1-8H2,(H,14,15). The van der Waals surface area contributed by atoms with Gasteiger partial charge in [-0.1, -0.05) is 15.9 Å². The van der Waals surface area contributed by atoms with Crippen molar-refractivity contribution in [2.24, 2.45) is 11.8 Å². The molecule has 92 valence electrons. The van der Waals surface area contributed by atoms with Crippen LogP contribution in [0.2, 0.25) is 0 Å². The fourth-order valence-corrected chi connectivity index (χ4v) is 3.34. The fourth-order valence-electron chi connectivity index (χ4n) is 2.55. The second-order valence-corrected chi connectivity index (χ2v) is 6.20. The van der Waals surface area contributed by atoms with Crippen molar-refractivity contribution in [3.05, 3.63) is 0 Å². The number of hydrogen-bond donors (Lipinski definition) is 1. The summed E-state index contributed by atoms with van der Waals surface area (Å²) < 4.78 is 5.26. The summed E-state index contributed by atoms with van der Waals surface area (Å²) in [5.74, 6) is 1.10. The Morgan fingerprint density at radius 3 is 2.62 bits per heavy atom. The van der Waals surface area contributed by atoms with Crippen LogP contribution in [-0.4, -0.2) is 30.5 Å². The van der Waals surface area contributed by atoms with Crippen LogP contribution in [0.1, 0.15) is 32.1 Å². The Hall–Kier alpha value is -0.0900. The van der Waals surface area contributed by atoms with Gasteiger partial charge in [0.25, 0.3) is 0 Å². The second kappa shape index (κ2) is 6.01. The molecule has 1 aliphatic heterocycles. The molecule has 1 saturated heterocycles. The van der Waals surface area contributed by atoms with Crippen LogP contribution >= 0.6 is 15.9 Å². The zero-order valence-corrected chi connectivity index (χ0v) is 11.2. The fraction of sp³-hybridized carbons (Fsp3) is 0.917. The van der Waals surface area contributed by atoms with E-state index < -0.39 is 0 Å². The predicted molar refractivity (Wildman–Crippen MR) is 66.6 cm³/mol. The van der Waals surface area contributed by atoms with Crippen molar-refractivity contribution < 1.29 is 9.53 Å². The summed E-state index contributed by atoms with van der Waals surface area (Å²) >= 11 is 3.63. The first-order chi connectivity index (χ1) is 7.75. The van der Waals surface area contributed by atoms with Crippen molar-refractivity contribution in [3.8, 4) is 0 Å². The minimum absolute atomic E-state index is 0.190. The van der Waals surface area contributed by atoms with Crippen LogP contribution in [0.25, 0.3) is 0 Å². The van der Waals surface area contributed by atoms with Crippen molar-refractivity contribution in [2.45, 2.75) is 36.9 Å². The molecule has 1 saturated carbocycles. The van der Waals surface area contributed by atoms with E-state index in [9.17, 15) is 4.79 Å². The lowest BCUT2D eigenvalue weighted by molar-refractivity contribution is -0.128.